The van der Waals surface area contributed by atoms with Crippen LogP contribution in [0.5, 0.6) is 5.75 Å². The zero-order valence-corrected chi connectivity index (χ0v) is 23.2. The first-order valence-corrected chi connectivity index (χ1v) is 13.3. The lowest BCUT2D eigenvalue weighted by molar-refractivity contribution is -0.155. The molecule has 1 aliphatic heterocycles. The molecule has 0 saturated carbocycles. The molecular formula is C29H37ClN2O6. The molecule has 0 aliphatic carbocycles. The van der Waals surface area contributed by atoms with Gasteiger partial charge >= 0.3 is 5.97 Å². The van der Waals surface area contributed by atoms with E-state index in [4.69, 9.17) is 35.9 Å². The minimum atomic E-state index is -1.29. The van der Waals surface area contributed by atoms with Crippen molar-refractivity contribution in [2.75, 3.05) is 19.8 Å². The molecule has 0 unspecified atom stereocenters. The predicted octanol–water partition coefficient (Wildman–Crippen LogP) is 4.49. The maximum Gasteiger partial charge on any atom is 0.306 e. The minimum absolute atomic E-state index is 0.0150. The first kappa shape index (κ1) is 29.5. The van der Waals surface area contributed by atoms with Crippen molar-refractivity contribution < 1.29 is 28.9 Å². The molecule has 1 heterocycles. The number of carbonyl (C=O) groups excluding carboxylic acids is 2. The van der Waals surface area contributed by atoms with Crippen LogP contribution in [0, 0.1) is 0 Å². The van der Waals surface area contributed by atoms with Crippen molar-refractivity contribution in [2.24, 2.45) is 4.99 Å². The third-order valence-electron chi connectivity index (χ3n) is 6.05. The fourth-order valence-corrected chi connectivity index (χ4v) is 4.32. The Balaban J connectivity index is 1.78. The van der Waals surface area contributed by atoms with E-state index in [1.165, 1.54) is 0 Å². The summed E-state index contributed by atoms with van der Waals surface area (Å²) in [4.78, 5) is 30.9. The second kappa shape index (κ2) is 13.1. The summed E-state index contributed by atoms with van der Waals surface area (Å²) >= 11 is 6.08. The normalized spacial score (nSPS) is 18.9. The summed E-state index contributed by atoms with van der Waals surface area (Å²) in [5.41, 5.74) is -0.230. The van der Waals surface area contributed by atoms with Crippen LogP contribution in [0.2, 0.25) is 5.02 Å². The lowest BCUT2D eigenvalue weighted by Crippen LogP contribution is -2.51. The standard InChI is InChI=1S/C29H37ClN2O6/c1-20-29(15-13-25(34)38-28(2,3)4,27(35)31-16-14-21-7-5-8-23(30)19-21)32-26(37-20)22-9-11-24(12-10-22)36-18-6-17-33/h5,7-12,19-20,33H,6,13-18H2,1-4H3,(H,31,35)/t20-,29-/m1/s1. The van der Waals surface area contributed by atoms with Gasteiger partial charge in [0.15, 0.2) is 5.54 Å². The van der Waals surface area contributed by atoms with Crippen LogP contribution in [-0.4, -0.2) is 59.9 Å². The number of carbonyl (C=O) groups is 2. The monoisotopic (exact) mass is 544 g/mol. The van der Waals surface area contributed by atoms with E-state index in [1.54, 1.807) is 58.0 Å². The molecule has 0 saturated heterocycles. The molecule has 9 heteroatoms. The Morgan fingerprint density at radius 2 is 1.92 bits per heavy atom. The number of amides is 1. The Morgan fingerprint density at radius 1 is 1.18 bits per heavy atom. The van der Waals surface area contributed by atoms with Crippen LogP contribution in [-0.2, 0) is 25.5 Å². The van der Waals surface area contributed by atoms with Gasteiger partial charge in [0.25, 0.3) is 5.91 Å². The van der Waals surface area contributed by atoms with Gasteiger partial charge in [-0.15, -0.1) is 0 Å². The third-order valence-corrected chi connectivity index (χ3v) is 6.28. The van der Waals surface area contributed by atoms with Gasteiger partial charge in [-0.3, -0.25) is 9.59 Å². The van der Waals surface area contributed by atoms with Crippen molar-refractivity contribution in [3.63, 3.8) is 0 Å². The molecule has 3 rings (SSSR count). The molecule has 0 fully saturated rings. The zero-order valence-electron chi connectivity index (χ0n) is 22.5. The van der Waals surface area contributed by atoms with Crippen molar-refractivity contribution in [3.05, 3.63) is 64.7 Å². The van der Waals surface area contributed by atoms with Crippen LogP contribution in [0.3, 0.4) is 0 Å². The Morgan fingerprint density at radius 3 is 2.58 bits per heavy atom. The second-order valence-corrected chi connectivity index (χ2v) is 10.7. The number of esters is 1. The number of halogens is 1. The maximum absolute atomic E-state index is 13.6. The molecule has 1 amide bonds. The van der Waals surface area contributed by atoms with Crippen LogP contribution < -0.4 is 10.1 Å². The van der Waals surface area contributed by atoms with Crippen LogP contribution >= 0.6 is 11.6 Å². The van der Waals surface area contributed by atoms with Gasteiger partial charge in [0, 0.05) is 36.6 Å². The van der Waals surface area contributed by atoms with E-state index in [0.717, 1.165) is 5.56 Å². The summed E-state index contributed by atoms with van der Waals surface area (Å²) in [5.74, 6) is 0.274. The van der Waals surface area contributed by atoms with E-state index in [2.05, 4.69) is 5.32 Å². The first-order valence-electron chi connectivity index (χ1n) is 12.9. The quantitative estimate of drug-likeness (QED) is 0.301. The summed E-state index contributed by atoms with van der Waals surface area (Å²) in [6.07, 6.45) is 0.685. The summed E-state index contributed by atoms with van der Waals surface area (Å²) in [6, 6.07) is 14.7. The Kier molecular flexibility index (Phi) is 10.2. The minimum Gasteiger partial charge on any atom is -0.494 e. The van der Waals surface area contributed by atoms with Crippen molar-refractivity contribution in [2.45, 2.75) is 70.6 Å². The van der Waals surface area contributed by atoms with E-state index in [9.17, 15) is 9.59 Å². The molecule has 0 spiro atoms. The van der Waals surface area contributed by atoms with Crippen molar-refractivity contribution in [1.82, 2.24) is 5.32 Å². The van der Waals surface area contributed by atoms with Crippen molar-refractivity contribution in [1.29, 1.82) is 0 Å². The highest BCUT2D eigenvalue weighted by molar-refractivity contribution is 6.30. The molecule has 1 aliphatic rings. The van der Waals surface area contributed by atoms with Crippen molar-refractivity contribution in [3.8, 4) is 5.75 Å². The SMILES string of the molecule is C[C@H]1OC(c2ccc(OCCCO)cc2)=N[C@@]1(CCC(=O)OC(C)(C)C)C(=O)NCCc1cccc(Cl)c1. The van der Waals surface area contributed by atoms with E-state index in [-0.39, 0.29) is 25.4 Å². The number of benzene rings is 2. The summed E-state index contributed by atoms with van der Waals surface area (Å²) in [7, 11) is 0. The van der Waals surface area contributed by atoms with Gasteiger partial charge in [-0.25, -0.2) is 4.99 Å². The van der Waals surface area contributed by atoms with E-state index in [1.807, 2.05) is 18.2 Å². The smallest absolute Gasteiger partial charge is 0.306 e. The number of aliphatic hydroxyl groups excluding tert-OH is 1. The average molecular weight is 545 g/mol. The number of hydrogen-bond donors (Lipinski definition) is 2. The van der Waals surface area contributed by atoms with Gasteiger partial charge in [0.05, 0.1) is 6.61 Å². The molecule has 0 aromatic heterocycles. The largest absolute Gasteiger partial charge is 0.494 e. The molecule has 206 valence electrons. The van der Waals surface area contributed by atoms with Gasteiger partial charge in [-0.05, 0) is 82.5 Å². The molecule has 2 aromatic carbocycles. The van der Waals surface area contributed by atoms with Gasteiger partial charge in [-0.1, -0.05) is 23.7 Å². The lowest BCUT2D eigenvalue weighted by Gasteiger charge is -2.28. The van der Waals surface area contributed by atoms with E-state index in [0.29, 0.717) is 48.2 Å². The summed E-state index contributed by atoms with van der Waals surface area (Å²) < 4.78 is 17.1. The molecule has 0 radical (unpaired) electrons. The van der Waals surface area contributed by atoms with Crippen LogP contribution in [0.15, 0.2) is 53.5 Å². The molecular weight excluding hydrogens is 508 g/mol. The molecule has 8 nitrogen and oxygen atoms in total. The van der Waals surface area contributed by atoms with Crippen molar-refractivity contribution >= 4 is 29.4 Å². The summed E-state index contributed by atoms with van der Waals surface area (Å²) in [5, 5.41) is 12.6. The van der Waals surface area contributed by atoms with Crippen LogP contribution in [0.25, 0.3) is 0 Å². The number of nitrogens with zero attached hydrogens (tertiary/aromatic N) is 1. The number of hydrogen-bond acceptors (Lipinski definition) is 7. The molecule has 38 heavy (non-hydrogen) atoms. The Labute approximate surface area is 229 Å². The van der Waals surface area contributed by atoms with Gasteiger partial charge < -0.3 is 24.6 Å². The highest BCUT2D eigenvalue weighted by Gasteiger charge is 2.50. The van der Waals surface area contributed by atoms with Gasteiger partial charge in [-0.2, -0.15) is 0 Å². The average Bonchev–Trinajstić information content (AvgIpc) is 3.19. The second-order valence-electron chi connectivity index (χ2n) is 10.3. The zero-order chi connectivity index (χ0) is 27.8. The van der Waals surface area contributed by atoms with Gasteiger partial charge in [0.1, 0.15) is 17.5 Å². The fourth-order valence-electron chi connectivity index (χ4n) is 4.10. The molecule has 2 aromatic rings. The van der Waals surface area contributed by atoms with Crippen LogP contribution in [0.4, 0.5) is 0 Å². The lowest BCUT2D eigenvalue weighted by atomic mass is 9.87. The number of rotatable bonds is 12. The van der Waals surface area contributed by atoms with Gasteiger partial charge in [0.2, 0.25) is 5.90 Å². The Bertz CT molecular complexity index is 1130. The summed E-state index contributed by atoms with van der Waals surface area (Å²) in [6.45, 7) is 8.05. The number of aliphatic imine (C=N–C) groups is 1. The van der Waals surface area contributed by atoms with E-state index < -0.39 is 23.2 Å². The maximum atomic E-state index is 13.6. The number of aliphatic hydroxyl groups is 1. The number of nitrogens with one attached hydrogen (secondary N) is 1. The molecule has 0 bridgehead atoms. The highest BCUT2D eigenvalue weighted by atomic mass is 35.5. The number of ether oxygens (including phenoxy) is 3. The molecule has 2 atom stereocenters. The predicted molar refractivity (Wildman–Crippen MR) is 147 cm³/mol. The fraction of sp³-hybridized carbons (Fsp3) is 0.483. The topological polar surface area (TPSA) is 106 Å². The highest BCUT2D eigenvalue weighted by Crippen LogP contribution is 2.34. The van der Waals surface area contributed by atoms with E-state index >= 15 is 0 Å². The third kappa shape index (κ3) is 8.20. The first-order chi connectivity index (χ1) is 18.0. The Hall–Kier alpha value is -3.10. The van der Waals surface area contributed by atoms with Crippen LogP contribution in [0.1, 0.15) is 58.1 Å². The molecule has 2 N–H and O–H groups in total.